The molecule has 0 unspecified atom stereocenters. The Balaban J connectivity index is 3.90. The average molecular weight is 171 g/mol. The molecule has 0 N–H and O–H groups in total. The van der Waals surface area contributed by atoms with Crippen LogP contribution in [0.2, 0.25) is 6.04 Å². The second-order valence-corrected chi connectivity index (χ2v) is 5.56. The summed E-state index contributed by atoms with van der Waals surface area (Å²) in [5.74, 6) is 0. The fraction of sp³-hybridized carbons (Fsp3) is 0.750. The molecule has 0 aliphatic carbocycles. The number of unbranched alkanes of at least 4 members (excludes halogenated alkanes) is 1. The minimum absolute atomic E-state index is 0.107. The zero-order chi connectivity index (χ0) is 8.85. The quantitative estimate of drug-likeness (QED) is 0.588. The third kappa shape index (κ3) is 4.09. The zero-order valence-corrected chi connectivity index (χ0v) is 8.44. The van der Waals surface area contributed by atoms with Crippen LogP contribution in [0.15, 0.2) is 0 Å². The molecule has 0 aliphatic rings. The number of carbonyl (C=O) groups is 2. The molecule has 0 saturated heterocycles. The predicted molar refractivity (Wildman–Crippen MR) is 46.8 cm³/mol. The van der Waals surface area contributed by atoms with Crippen molar-refractivity contribution in [2.24, 2.45) is 0 Å². The van der Waals surface area contributed by atoms with Crippen LogP contribution in [0.1, 0.15) is 33.6 Å². The molecular formula is C8H15O2Si. The zero-order valence-electron chi connectivity index (χ0n) is 7.44. The van der Waals surface area contributed by atoms with Gasteiger partial charge in [0.2, 0.25) is 8.80 Å². The van der Waals surface area contributed by atoms with Gasteiger partial charge in [-0.2, -0.15) is 0 Å². The van der Waals surface area contributed by atoms with Gasteiger partial charge in [0.15, 0.2) is 0 Å². The van der Waals surface area contributed by atoms with E-state index in [1.54, 1.807) is 0 Å². The van der Waals surface area contributed by atoms with Crippen LogP contribution in [-0.2, 0) is 9.59 Å². The topological polar surface area (TPSA) is 34.1 Å². The van der Waals surface area contributed by atoms with Crippen LogP contribution in [0.4, 0.5) is 0 Å². The van der Waals surface area contributed by atoms with Gasteiger partial charge in [-0.3, -0.25) is 0 Å². The van der Waals surface area contributed by atoms with Crippen LogP contribution in [0.3, 0.4) is 0 Å². The normalized spacial score (nSPS) is 10.2. The van der Waals surface area contributed by atoms with Gasteiger partial charge in [-0.25, -0.2) is 0 Å². The van der Waals surface area contributed by atoms with Crippen LogP contribution in [0.5, 0.6) is 0 Å². The molecule has 0 heterocycles. The highest BCUT2D eigenvalue weighted by Crippen LogP contribution is 2.02. The summed E-state index contributed by atoms with van der Waals surface area (Å²) in [7, 11) is -1.32. The maximum absolute atomic E-state index is 10.9. The molecule has 0 saturated carbocycles. The highest BCUT2D eigenvalue weighted by molar-refractivity contribution is 7.10. The smallest absolute Gasteiger partial charge is 0.216 e. The highest BCUT2D eigenvalue weighted by Gasteiger charge is 2.21. The lowest BCUT2D eigenvalue weighted by atomic mass is 10.4. The summed E-state index contributed by atoms with van der Waals surface area (Å²) in [6, 6.07) is 0.825. The monoisotopic (exact) mass is 171 g/mol. The lowest BCUT2D eigenvalue weighted by Gasteiger charge is -2.04. The molecule has 1 radical (unpaired) electrons. The lowest BCUT2D eigenvalue weighted by molar-refractivity contribution is -0.113. The largest absolute Gasteiger partial charge is 0.305 e. The van der Waals surface area contributed by atoms with E-state index in [4.69, 9.17) is 0 Å². The second kappa shape index (κ2) is 5.24. The first-order valence-electron chi connectivity index (χ1n) is 3.97. The van der Waals surface area contributed by atoms with Gasteiger partial charge in [0, 0.05) is 0 Å². The summed E-state index contributed by atoms with van der Waals surface area (Å²) in [6.45, 7) is 5.14. The Bertz CT molecular complexity index is 140. The van der Waals surface area contributed by atoms with Gasteiger partial charge in [-0.1, -0.05) is 19.8 Å². The predicted octanol–water partition coefficient (Wildman–Crippen LogP) is 1.54. The van der Waals surface area contributed by atoms with Crippen molar-refractivity contribution in [3.63, 3.8) is 0 Å². The standard InChI is InChI=1S/C8H15O2Si/c1-4-5-6-11(7(2)9)8(3)10/h4-6H2,1-3H3. The summed E-state index contributed by atoms with van der Waals surface area (Å²) >= 11 is 0. The number of hydrogen-bond donors (Lipinski definition) is 0. The Hall–Kier alpha value is -0.443. The first-order chi connectivity index (χ1) is 5.09. The minimum atomic E-state index is -1.32. The van der Waals surface area contributed by atoms with E-state index in [2.05, 4.69) is 6.92 Å². The minimum Gasteiger partial charge on any atom is -0.305 e. The van der Waals surface area contributed by atoms with Gasteiger partial charge < -0.3 is 9.59 Å². The SMILES string of the molecule is CCCC[Si](C(C)=O)C(C)=O. The molecule has 3 heteroatoms. The molecule has 0 aromatic rings. The number of carbonyl (C=O) groups excluding carboxylic acids is 2. The number of rotatable bonds is 5. The van der Waals surface area contributed by atoms with E-state index in [9.17, 15) is 9.59 Å². The van der Waals surface area contributed by atoms with Crippen molar-refractivity contribution in [1.29, 1.82) is 0 Å². The molecule has 0 spiro atoms. The van der Waals surface area contributed by atoms with Crippen LogP contribution in [0.25, 0.3) is 0 Å². The lowest BCUT2D eigenvalue weighted by Crippen LogP contribution is -2.31. The third-order valence-electron chi connectivity index (χ3n) is 1.63. The fourth-order valence-electron chi connectivity index (χ4n) is 0.954. The van der Waals surface area contributed by atoms with Crippen LogP contribution >= 0.6 is 0 Å². The van der Waals surface area contributed by atoms with Crippen molar-refractivity contribution < 1.29 is 9.59 Å². The van der Waals surface area contributed by atoms with Crippen molar-refractivity contribution in [2.45, 2.75) is 39.7 Å². The first kappa shape index (κ1) is 10.6. The van der Waals surface area contributed by atoms with Gasteiger partial charge >= 0.3 is 0 Å². The fourth-order valence-corrected chi connectivity index (χ4v) is 2.86. The van der Waals surface area contributed by atoms with E-state index in [0.29, 0.717) is 0 Å². The summed E-state index contributed by atoms with van der Waals surface area (Å²) in [5.41, 5.74) is 0. The van der Waals surface area contributed by atoms with Crippen molar-refractivity contribution in [1.82, 2.24) is 0 Å². The van der Waals surface area contributed by atoms with Crippen LogP contribution < -0.4 is 0 Å². The molecule has 0 aliphatic heterocycles. The van der Waals surface area contributed by atoms with E-state index in [0.717, 1.165) is 18.9 Å². The van der Waals surface area contributed by atoms with Gasteiger partial charge in [-0.05, 0) is 19.9 Å². The molecule has 0 aromatic heterocycles. The molecule has 2 nitrogen and oxygen atoms in total. The van der Waals surface area contributed by atoms with Crippen molar-refractivity contribution in [3.8, 4) is 0 Å². The van der Waals surface area contributed by atoms with E-state index < -0.39 is 8.80 Å². The summed E-state index contributed by atoms with van der Waals surface area (Å²) in [6.07, 6.45) is 2.07. The Kier molecular flexibility index (Phi) is 5.03. The Morgan fingerprint density at radius 3 is 1.91 bits per heavy atom. The molecule has 0 fully saturated rings. The maximum Gasteiger partial charge on any atom is 0.216 e. The van der Waals surface area contributed by atoms with Crippen molar-refractivity contribution in [2.75, 3.05) is 0 Å². The summed E-state index contributed by atoms with van der Waals surface area (Å²) in [4.78, 5) is 21.8. The van der Waals surface area contributed by atoms with Crippen LogP contribution in [0, 0.1) is 0 Å². The van der Waals surface area contributed by atoms with Crippen LogP contribution in [-0.4, -0.2) is 19.6 Å². The Morgan fingerprint density at radius 2 is 1.64 bits per heavy atom. The second-order valence-electron chi connectivity index (χ2n) is 2.69. The van der Waals surface area contributed by atoms with Gasteiger partial charge in [-0.15, -0.1) is 0 Å². The Labute approximate surface area is 69.6 Å². The van der Waals surface area contributed by atoms with Crippen molar-refractivity contribution >= 4 is 19.6 Å². The highest BCUT2D eigenvalue weighted by atomic mass is 28.3. The van der Waals surface area contributed by atoms with Gasteiger partial charge in [0.1, 0.15) is 10.8 Å². The first-order valence-corrected chi connectivity index (χ1v) is 5.68. The molecule has 0 rings (SSSR count). The molecule has 63 valence electrons. The summed E-state index contributed by atoms with van der Waals surface area (Å²) < 4.78 is 0. The van der Waals surface area contributed by atoms with Gasteiger partial charge in [0.05, 0.1) is 0 Å². The Morgan fingerprint density at radius 1 is 1.18 bits per heavy atom. The molecular weight excluding hydrogens is 156 g/mol. The average Bonchev–Trinajstić information content (AvgIpc) is 1.87. The van der Waals surface area contributed by atoms with E-state index in [1.165, 1.54) is 13.8 Å². The molecule has 0 aromatic carbocycles. The number of hydrogen-bond acceptors (Lipinski definition) is 2. The van der Waals surface area contributed by atoms with E-state index in [1.807, 2.05) is 0 Å². The van der Waals surface area contributed by atoms with Gasteiger partial charge in [0.25, 0.3) is 0 Å². The molecule has 11 heavy (non-hydrogen) atoms. The van der Waals surface area contributed by atoms with E-state index >= 15 is 0 Å². The van der Waals surface area contributed by atoms with E-state index in [-0.39, 0.29) is 10.8 Å². The third-order valence-corrected chi connectivity index (χ3v) is 4.18. The maximum atomic E-state index is 10.9. The van der Waals surface area contributed by atoms with Crippen molar-refractivity contribution in [3.05, 3.63) is 0 Å². The molecule has 0 amide bonds. The molecule has 0 atom stereocenters. The molecule has 0 bridgehead atoms. The summed E-state index contributed by atoms with van der Waals surface area (Å²) in [5, 5.41) is 0.215.